The molecule has 17 heavy (non-hydrogen) atoms. The Morgan fingerprint density at radius 2 is 1.88 bits per heavy atom. The summed E-state index contributed by atoms with van der Waals surface area (Å²) in [5, 5.41) is 0. The summed E-state index contributed by atoms with van der Waals surface area (Å²) < 4.78 is 12.7. The third kappa shape index (κ3) is 3.12. The van der Waals surface area contributed by atoms with Crippen molar-refractivity contribution in [2.45, 2.75) is 0 Å². The molecule has 4 heteroatoms. The van der Waals surface area contributed by atoms with Crippen molar-refractivity contribution in [2.24, 2.45) is 10.9 Å². The molecule has 0 unspecified atom stereocenters. The number of halogens is 1. The zero-order valence-electron chi connectivity index (χ0n) is 9.01. The van der Waals surface area contributed by atoms with Crippen molar-refractivity contribution in [3.63, 3.8) is 0 Å². The van der Waals surface area contributed by atoms with Gasteiger partial charge in [0.1, 0.15) is 11.6 Å². The van der Waals surface area contributed by atoms with Crippen molar-refractivity contribution >= 4 is 11.9 Å². The predicted molar refractivity (Wildman–Crippen MR) is 64.9 cm³/mol. The number of nitrogens with zero attached hydrogens (tertiary/aromatic N) is 1. The van der Waals surface area contributed by atoms with Gasteiger partial charge in [0.05, 0.1) is 5.69 Å². The molecule has 2 rings (SSSR count). The van der Waals surface area contributed by atoms with Gasteiger partial charge < -0.3 is 4.84 Å². The van der Waals surface area contributed by atoms with E-state index in [0.717, 1.165) is 5.56 Å². The molecule has 0 saturated carbocycles. The second kappa shape index (κ2) is 5.23. The molecule has 0 radical (unpaired) electrons. The summed E-state index contributed by atoms with van der Waals surface area (Å²) in [5.41, 5.74) is 1.54. The van der Waals surface area contributed by atoms with Crippen LogP contribution in [0.2, 0.25) is 0 Å². The Hall–Kier alpha value is -2.20. The fraction of sp³-hybridized carbons (Fsp3) is 0. The molecular formula is C13H11FN2O. The highest BCUT2D eigenvalue weighted by Gasteiger charge is 1.93. The average Bonchev–Trinajstić information content (AvgIpc) is 2.38. The average molecular weight is 230 g/mol. The van der Waals surface area contributed by atoms with E-state index in [1.807, 2.05) is 12.1 Å². The molecule has 86 valence electrons. The molecule has 0 heterocycles. The van der Waals surface area contributed by atoms with Gasteiger partial charge in [-0.3, -0.25) is 4.99 Å². The first kappa shape index (κ1) is 11.3. The number of nitrogens with two attached hydrogens (primary N) is 1. The molecule has 0 bridgehead atoms. The summed E-state index contributed by atoms with van der Waals surface area (Å²) in [6, 6.07) is 13.1. The molecule has 2 aromatic carbocycles. The molecule has 0 aliphatic rings. The van der Waals surface area contributed by atoms with Crippen LogP contribution < -0.4 is 10.7 Å². The molecule has 2 N–H and O–H groups in total. The van der Waals surface area contributed by atoms with E-state index in [9.17, 15) is 4.39 Å². The number of hydrogen-bond donors (Lipinski definition) is 1. The minimum atomic E-state index is -0.275. The minimum absolute atomic E-state index is 0.275. The summed E-state index contributed by atoms with van der Waals surface area (Å²) in [6.07, 6.45) is 1.66. The molecule has 0 aromatic heterocycles. The largest absolute Gasteiger partial charge is 0.412 e. The number of rotatable bonds is 3. The normalized spacial score (nSPS) is 10.7. The monoisotopic (exact) mass is 230 g/mol. The first-order chi connectivity index (χ1) is 8.28. The lowest BCUT2D eigenvalue weighted by atomic mass is 10.2. The van der Waals surface area contributed by atoms with E-state index in [-0.39, 0.29) is 5.82 Å². The van der Waals surface area contributed by atoms with E-state index < -0.39 is 0 Å². The lowest BCUT2D eigenvalue weighted by molar-refractivity contribution is 0.334. The van der Waals surface area contributed by atoms with E-state index in [4.69, 9.17) is 5.90 Å². The van der Waals surface area contributed by atoms with Crippen LogP contribution >= 0.6 is 0 Å². The summed E-state index contributed by atoms with van der Waals surface area (Å²) in [6.45, 7) is 0. The molecule has 0 spiro atoms. The number of benzene rings is 2. The van der Waals surface area contributed by atoms with Gasteiger partial charge in [-0.2, -0.15) is 5.90 Å². The van der Waals surface area contributed by atoms with Crippen molar-refractivity contribution in [3.05, 3.63) is 59.9 Å². The highest BCUT2D eigenvalue weighted by molar-refractivity contribution is 5.82. The van der Waals surface area contributed by atoms with Crippen LogP contribution in [0.1, 0.15) is 5.56 Å². The van der Waals surface area contributed by atoms with Crippen LogP contribution in [0.15, 0.2) is 53.5 Å². The predicted octanol–water partition coefficient (Wildman–Crippen LogP) is 2.83. The molecule has 0 amide bonds. The standard InChI is InChI=1S/C13H11FN2O/c14-11-4-6-12(7-5-11)16-9-10-2-1-3-13(8-10)17-15/h1-9H,15H2. The zero-order chi connectivity index (χ0) is 12.1. The van der Waals surface area contributed by atoms with Crippen LogP contribution in [0.5, 0.6) is 5.75 Å². The summed E-state index contributed by atoms with van der Waals surface area (Å²) in [5.74, 6) is 5.34. The van der Waals surface area contributed by atoms with Gasteiger partial charge in [0.25, 0.3) is 0 Å². The first-order valence-electron chi connectivity index (χ1n) is 5.04. The number of hydrogen-bond acceptors (Lipinski definition) is 3. The van der Waals surface area contributed by atoms with Crippen LogP contribution in [0.4, 0.5) is 10.1 Å². The summed E-state index contributed by atoms with van der Waals surface area (Å²) in [4.78, 5) is 8.82. The Morgan fingerprint density at radius 3 is 2.59 bits per heavy atom. The minimum Gasteiger partial charge on any atom is -0.412 e. The zero-order valence-corrected chi connectivity index (χ0v) is 9.01. The summed E-state index contributed by atoms with van der Waals surface area (Å²) in [7, 11) is 0. The third-order valence-electron chi connectivity index (χ3n) is 2.18. The van der Waals surface area contributed by atoms with Gasteiger partial charge in [-0.05, 0) is 42.0 Å². The topological polar surface area (TPSA) is 47.6 Å². The SMILES string of the molecule is NOc1cccc(C=Nc2ccc(F)cc2)c1. The van der Waals surface area contributed by atoms with E-state index >= 15 is 0 Å². The Morgan fingerprint density at radius 1 is 1.12 bits per heavy atom. The van der Waals surface area contributed by atoms with Gasteiger partial charge in [0.15, 0.2) is 0 Å². The molecule has 3 nitrogen and oxygen atoms in total. The van der Waals surface area contributed by atoms with Crippen molar-refractivity contribution in [2.75, 3.05) is 0 Å². The first-order valence-corrected chi connectivity index (χ1v) is 5.04. The summed E-state index contributed by atoms with van der Waals surface area (Å²) >= 11 is 0. The van der Waals surface area contributed by atoms with Crippen LogP contribution in [-0.2, 0) is 0 Å². The van der Waals surface area contributed by atoms with E-state index in [2.05, 4.69) is 9.83 Å². The molecule has 0 fully saturated rings. The van der Waals surface area contributed by atoms with Crippen LogP contribution in [0.25, 0.3) is 0 Å². The van der Waals surface area contributed by atoms with Gasteiger partial charge in [-0.25, -0.2) is 4.39 Å². The van der Waals surface area contributed by atoms with E-state index in [1.54, 1.807) is 30.5 Å². The fourth-order valence-corrected chi connectivity index (χ4v) is 1.34. The van der Waals surface area contributed by atoms with Gasteiger partial charge in [0, 0.05) is 6.21 Å². The van der Waals surface area contributed by atoms with Crippen molar-refractivity contribution in [1.29, 1.82) is 0 Å². The lowest BCUT2D eigenvalue weighted by Gasteiger charge is -1.98. The molecule has 0 aliphatic heterocycles. The van der Waals surface area contributed by atoms with Gasteiger partial charge >= 0.3 is 0 Å². The molecule has 2 aromatic rings. The van der Waals surface area contributed by atoms with E-state index in [1.165, 1.54) is 12.1 Å². The number of aliphatic imine (C=N–C) groups is 1. The van der Waals surface area contributed by atoms with Gasteiger partial charge in [-0.1, -0.05) is 12.1 Å². The smallest absolute Gasteiger partial charge is 0.147 e. The Bertz CT molecular complexity index is 523. The van der Waals surface area contributed by atoms with Crippen LogP contribution in [0, 0.1) is 5.82 Å². The second-order valence-electron chi connectivity index (χ2n) is 3.42. The molecular weight excluding hydrogens is 219 g/mol. The maximum atomic E-state index is 12.7. The van der Waals surface area contributed by atoms with Crippen LogP contribution in [0.3, 0.4) is 0 Å². The quantitative estimate of drug-likeness (QED) is 0.651. The highest BCUT2D eigenvalue weighted by Crippen LogP contribution is 2.14. The Balaban J connectivity index is 2.16. The van der Waals surface area contributed by atoms with Crippen molar-refractivity contribution in [1.82, 2.24) is 0 Å². The Kier molecular flexibility index (Phi) is 3.47. The highest BCUT2D eigenvalue weighted by atomic mass is 19.1. The second-order valence-corrected chi connectivity index (χ2v) is 3.42. The van der Waals surface area contributed by atoms with Gasteiger partial charge in [-0.15, -0.1) is 0 Å². The third-order valence-corrected chi connectivity index (χ3v) is 2.18. The maximum absolute atomic E-state index is 12.7. The molecule has 0 aliphatic carbocycles. The van der Waals surface area contributed by atoms with Crippen molar-refractivity contribution in [3.8, 4) is 5.75 Å². The van der Waals surface area contributed by atoms with E-state index in [0.29, 0.717) is 11.4 Å². The lowest BCUT2D eigenvalue weighted by Crippen LogP contribution is -2.01. The van der Waals surface area contributed by atoms with Gasteiger partial charge in [0.2, 0.25) is 0 Å². The Labute approximate surface area is 98.3 Å². The fourth-order valence-electron chi connectivity index (χ4n) is 1.34. The van der Waals surface area contributed by atoms with Crippen LogP contribution in [-0.4, -0.2) is 6.21 Å². The molecule has 0 atom stereocenters. The molecule has 0 saturated heterocycles. The van der Waals surface area contributed by atoms with Crippen molar-refractivity contribution < 1.29 is 9.23 Å². The maximum Gasteiger partial charge on any atom is 0.147 e.